The lowest BCUT2D eigenvalue weighted by atomic mass is 9.90. The van der Waals surface area contributed by atoms with E-state index in [0.717, 1.165) is 4.31 Å². The summed E-state index contributed by atoms with van der Waals surface area (Å²) in [7, 11) is -4.02. The lowest BCUT2D eigenvalue weighted by Gasteiger charge is -2.41. The van der Waals surface area contributed by atoms with E-state index in [-0.39, 0.29) is 44.4 Å². The number of hydrogen-bond donors (Lipinski definition) is 2. The van der Waals surface area contributed by atoms with Crippen molar-refractivity contribution in [3.8, 4) is 0 Å². The van der Waals surface area contributed by atoms with Gasteiger partial charge in [-0.25, -0.2) is 5.48 Å². The van der Waals surface area contributed by atoms with Gasteiger partial charge in [0.25, 0.3) is 16.1 Å². The maximum absolute atomic E-state index is 13.1. The number of amides is 2. The molecule has 3 rings (SSSR count). The zero-order chi connectivity index (χ0) is 21.9. The van der Waals surface area contributed by atoms with Crippen LogP contribution >= 0.6 is 11.6 Å². The van der Waals surface area contributed by atoms with Crippen molar-refractivity contribution >= 4 is 39.9 Å². The maximum atomic E-state index is 13.1. The minimum absolute atomic E-state index is 0.0548. The van der Waals surface area contributed by atoms with Gasteiger partial charge in [-0.15, -0.1) is 0 Å². The lowest BCUT2D eigenvalue weighted by molar-refractivity contribution is -0.136. The highest BCUT2D eigenvalue weighted by molar-refractivity contribution is 7.86. The van der Waals surface area contributed by atoms with E-state index in [9.17, 15) is 22.8 Å². The second kappa shape index (κ2) is 9.40. The molecule has 1 aromatic rings. The zero-order valence-corrected chi connectivity index (χ0v) is 17.7. The van der Waals surface area contributed by atoms with Gasteiger partial charge in [-0.2, -0.15) is 17.0 Å². The van der Waals surface area contributed by atoms with Crippen LogP contribution in [0.25, 0.3) is 0 Å². The van der Waals surface area contributed by atoms with Crippen LogP contribution in [0, 0.1) is 5.92 Å². The molecule has 0 saturated carbocycles. The van der Waals surface area contributed by atoms with Crippen LogP contribution in [0.15, 0.2) is 24.3 Å². The van der Waals surface area contributed by atoms with E-state index < -0.39 is 22.2 Å². The Kier molecular flexibility index (Phi) is 7.09. The molecule has 1 atom stereocenters. The number of carbonyl (C=O) groups excluding carboxylic acids is 3. The zero-order valence-electron chi connectivity index (χ0n) is 16.1. The molecule has 164 valence electrons. The molecule has 0 spiro atoms. The fourth-order valence-electron chi connectivity index (χ4n) is 3.79. The topological polar surface area (TPSA) is 127 Å². The van der Waals surface area contributed by atoms with E-state index in [1.807, 2.05) is 0 Å². The minimum Gasteiger partial charge on any atom is -0.342 e. The number of carbonyl (C=O) groups is 3. The number of piperazine rings is 1. The summed E-state index contributed by atoms with van der Waals surface area (Å²) in [5, 5.41) is 9.50. The number of piperidine rings is 1. The fourth-order valence-corrected chi connectivity index (χ4v) is 5.69. The smallest absolute Gasteiger partial charge is 0.282 e. The van der Waals surface area contributed by atoms with Gasteiger partial charge in [0.15, 0.2) is 5.78 Å². The Balaban J connectivity index is 1.68. The molecule has 2 N–H and O–H groups in total. The molecule has 0 aliphatic carbocycles. The SMILES string of the molecule is O=CN1CCN(S(=O)(=O)N2CCC(C(=O)c3ccc(Cl)cc3)CC2)C(C(=O)NO)C1. The van der Waals surface area contributed by atoms with Crippen molar-refractivity contribution in [1.82, 2.24) is 19.0 Å². The van der Waals surface area contributed by atoms with E-state index in [4.69, 9.17) is 16.8 Å². The van der Waals surface area contributed by atoms with Crippen molar-refractivity contribution in [2.24, 2.45) is 5.92 Å². The molecule has 30 heavy (non-hydrogen) atoms. The van der Waals surface area contributed by atoms with Crippen LogP contribution in [-0.4, -0.2) is 84.0 Å². The van der Waals surface area contributed by atoms with Gasteiger partial charge in [0.05, 0.1) is 0 Å². The van der Waals surface area contributed by atoms with Crippen LogP contribution in [0.3, 0.4) is 0 Å². The van der Waals surface area contributed by atoms with Crippen molar-refractivity contribution in [3.05, 3.63) is 34.9 Å². The highest BCUT2D eigenvalue weighted by Gasteiger charge is 2.43. The van der Waals surface area contributed by atoms with Crippen molar-refractivity contribution in [2.75, 3.05) is 32.7 Å². The highest BCUT2D eigenvalue weighted by Crippen LogP contribution is 2.26. The second-order valence-corrected chi connectivity index (χ2v) is 9.57. The predicted molar refractivity (Wildman–Crippen MR) is 107 cm³/mol. The van der Waals surface area contributed by atoms with Crippen LogP contribution in [0.1, 0.15) is 23.2 Å². The third-order valence-electron chi connectivity index (χ3n) is 5.50. The van der Waals surface area contributed by atoms with Gasteiger partial charge < -0.3 is 4.90 Å². The van der Waals surface area contributed by atoms with Gasteiger partial charge >= 0.3 is 0 Å². The van der Waals surface area contributed by atoms with Crippen LogP contribution in [0.4, 0.5) is 0 Å². The van der Waals surface area contributed by atoms with E-state index in [1.54, 1.807) is 24.3 Å². The van der Waals surface area contributed by atoms with Crippen LogP contribution < -0.4 is 5.48 Å². The first kappa shape index (κ1) is 22.6. The van der Waals surface area contributed by atoms with Gasteiger partial charge in [-0.05, 0) is 37.1 Å². The Bertz CT molecular complexity index is 902. The van der Waals surface area contributed by atoms with E-state index in [2.05, 4.69) is 0 Å². The molecular weight excluding hydrogens is 436 g/mol. The number of nitrogens with zero attached hydrogens (tertiary/aromatic N) is 3. The summed E-state index contributed by atoms with van der Waals surface area (Å²) in [4.78, 5) is 37.0. The number of halogens is 1. The molecule has 2 aliphatic rings. The molecular formula is C18H23ClN4O6S. The Labute approximate surface area is 179 Å². The quantitative estimate of drug-likeness (QED) is 0.270. The third-order valence-corrected chi connectivity index (χ3v) is 7.80. The molecule has 0 bridgehead atoms. The molecule has 2 aliphatic heterocycles. The summed E-state index contributed by atoms with van der Waals surface area (Å²) < 4.78 is 28.5. The third kappa shape index (κ3) is 4.65. The molecule has 2 amide bonds. The monoisotopic (exact) mass is 458 g/mol. The van der Waals surface area contributed by atoms with E-state index in [0.29, 0.717) is 29.8 Å². The van der Waals surface area contributed by atoms with Crippen LogP contribution in [0.2, 0.25) is 5.02 Å². The Morgan fingerprint density at radius 2 is 1.73 bits per heavy atom. The standard InChI is InChI=1S/C18H23ClN4O6S/c19-15-3-1-13(2-4-15)17(25)14-5-7-22(8-6-14)30(28,29)23-10-9-21(12-24)11-16(23)18(26)20-27/h1-4,12,14,16,27H,5-11H2,(H,20,26). The average molecular weight is 459 g/mol. The number of hydroxylamine groups is 1. The Hall–Kier alpha value is -2.05. The molecule has 2 fully saturated rings. The Morgan fingerprint density at radius 1 is 1.10 bits per heavy atom. The van der Waals surface area contributed by atoms with Gasteiger partial charge in [0.2, 0.25) is 6.41 Å². The summed E-state index contributed by atoms with van der Waals surface area (Å²) >= 11 is 5.85. The summed E-state index contributed by atoms with van der Waals surface area (Å²) in [6.45, 7) is 0.189. The van der Waals surface area contributed by atoms with Gasteiger partial charge in [-0.3, -0.25) is 19.6 Å². The second-order valence-electron chi connectivity index (χ2n) is 7.26. The van der Waals surface area contributed by atoms with Crippen LogP contribution in [0.5, 0.6) is 0 Å². The van der Waals surface area contributed by atoms with E-state index >= 15 is 0 Å². The molecule has 1 aromatic carbocycles. The van der Waals surface area contributed by atoms with Crippen LogP contribution in [-0.2, 0) is 19.8 Å². The molecule has 2 heterocycles. The lowest BCUT2D eigenvalue weighted by Crippen LogP contribution is -2.62. The summed E-state index contributed by atoms with van der Waals surface area (Å²) in [5.41, 5.74) is 2.00. The first-order valence-corrected chi connectivity index (χ1v) is 11.3. The highest BCUT2D eigenvalue weighted by atomic mass is 35.5. The number of hydrogen-bond acceptors (Lipinski definition) is 6. The van der Waals surface area contributed by atoms with Crippen molar-refractivity contribution in [3.63, 3.8) is 0 Å². The van der Waals surface area contributed by atoms with Crippen molar-refractivity contribution in [2.45, 2.75) is 18.9 Å². The number of nitrogens with one attached hydrogen (secondary N) is 1. The average Bonchev–Trinajstić information content (AvgIpc) is 2.78. The predicted octanol–water partition coefficient (Wildman–Crippen LogP) is 0.128. The van der Waals surface area contributed by atoms with Crippen molar-refractivity contribution in [1.29, 1.82) is 0 Å². The number of benzene rings is 1. The van der Waals surface area contributed by atoms with Gasteiger partial charge in [0.1, 0.15) is 6.04 Å². The normalized spacial score (nSPS) is 21.9. The molecule has 0 radical (unpaired) electrons. The molecule has 10 nitrogen and oxygen atoms in total. The first-order valence-electron chi connectivity index (χ1n) is 9.48. The fraction of sp³-hybridized carbons (Fsp3) is 0.500. The van der Waals surface area contributed by atoms with E-state index in [1.165, 1.54) is 14.7 Å². The molecule has 12 heteroatoms. The molecule has 0 aromatic heterocycles. The molecule has 1 unspecified atom stereocenters. The number of rotatable bonds is 6. The number of Topliss-reactive ketones (excluding diaryl/α,β-unsaturated/α-hetero) is 1. The number of ketones is 1. The largest absolute Gasteiger partial charge is 0.342 e. The summed E-state index contributed by atoms with van der Waals surface area (Å²) in [6, 6.07) is 5.35. The Morgan fingerprint density at radius 3 is 2.30 bits per heavy atom. The minimum atomic E-state index is -4.02. The molecule has 2 saturated heterocycles. The van der Waals surface area contributed by atoms with Crippen molar-refractivity contribution < 1.29 is 28.0 Å². The summed E-state index contributed by atoms with van der Waals surface area (Å²) in [6.07, 6.45) is 1.24. The van der Waals surface area contributed by atoms with Gasteiger partial charge in [-0.1, -0.05) is 11.6 Å². The maximum Gasteiger partial charge on any atom is 0.282 e. The van der Waals surface area contributed by atoms with Gasteiger partial charge in [0, 0.05) is 49.2 Å². The summed E-state index contributed by atoms with van der Waals surface area (Å²) in [5.74, 6) is -1.26. The first-order chi connectivity index (χ1) is 14.3.